The zero-order chi connectivity index (χ0) is 15.1. The van der Waals surface area contributed by atoms with E-state index in [-0.39, 0.29) is 12.6 Å². The Morgan fingerprint density at radius 2 is 1.85 bits per heavy atom. The molecule has 0 aliphatic rings. The summed E-state index contributed by atoms with van der Waals surface area (Å²) in [6, 6.07) is 0. The van der Waals surface area contributed by atoms with Crippen molar-refractivity contribution in [2.45, 2.75) is 52.9 Å². The number of allylic oxidation sites excluding steroid dienone is 5. The zero-order valence-electron chi connectivity index (χ0n) is 13.1. The smallest absolute Gasteiger partial charge is 0.344 e. The molecule has 0 aliphatic carbocycles. The summed E-state index contributed by atoms with van der Waals surface area (Å²) in [6.07, 6.45) is 15.6. The Labute approximate surface area is 123 Å². The van der Waals surface area contributed by atoms with Crippen LogP contribution < -0.4 is 0 Å². The van der Waals surface area contributed by atoms with Gasteiger partial charge in [0, 0.05) is 0 Å². The standard InChI is InChI=1S/C17H28O3/c1-4-7-9-10-11-12-14-16(13-8-5-2)20-15-17(18)19-6-3/h8,11-14H,4-7,9-10,15H2,1-3H3. The van der Waals surface area contributed by atoms with Gasteiger partial charge in [0.05, 0.1) is 6.61 Å². The van der Waals surface area contributed by atoms with Crippen LogP contribution in [0, 0.1) is 0 Å². The van der Waals surface area contributed by atoms with Gasteiger partial charge in [0.15, 0.2) is 6.61 Å². The van der Waals surface area contributed by atoms with Gasteiger partial charge in [-0.1, -0.05) is 44.9 Å². The molecule has 0 aromatic heterocycles. The first-order chi connectivity index (χ1) is 9.74. The molecule has 0 bridgehead atoms. The minimum atomic E-state index is -0.338. The Morgan fingerprint density at radius 1 is 1.05 bits per heavy atom. The summed E-state index contributed by atoms with van der Waals surface area (Å²) in [4.78, 5) is 11.3. The Bertz CT molecular complexity index is 327. The molecule has 0 atom stereocenters. The molecule has 114 valence electrons. The van der Waals surface area contributed by atoms with Crippen LogP contribution in [0.25, 0.3) is 0 Å². The maximum Gasteiger partial charge on any atom is 0.344 e. The van der Waals surface area contributed by atoms with Gasteiger partial charge in [0.2, 0.25) is 0 Å². The average Bonchev–Trinajstić information content (AvgIpc) is 2.45. The summed E-state index contributed by atoms with van der Waals surface area (Å²) in [7, 11) is 0. The number of hydrogen-bond donors (Lipinski definition) is 0. The van der Waals surface area contributed by atoms with Crippen LogP contribution in [0.5, 0.6) is 0 Å². The van der Waals surface area contributed by atoms with Gasteiger partial charge in [-0.25, -0.2) is 4.79 Å². The molecule has 20 heavy (non-hydrogen) atoms. The van der Waals surface area contributed by atoms with E-state index in [9.17, 15) is 4.79 Å². The van der Waals surface area contributed by atoms with E-state index in [1.807, 2.05) is 24.3 Å². The molecule has 0 heterocycles. The molecule has 0 unspecified atom stereocenters. The molecule has 0 rings (SSSR count). The van der Waals surface area contributed by atoms with E-state index in [1.165, 1.54) is 19.3 Å². The number of rotatable bonds is 11. The van der Waals surface area contributed by atoms with Gasteiger partial charge in [-0.3, -0.25) is 0 Å². The largest absolute Gasteiger partial charge is 0.482 e. The highest BCUT2D eigenvalue weighted by molar-refractivity contribution is 5.70. The summed E-state index contributed by atoms with van der Waals surface area (Å²) >= 11 is 0. The number of unbranched alkanes of at least 4 members (excludes halogenated alkanes) is 3. The second-order valence-corrected chi connectivity index (χ2v) is 4.40. The predicted octanol–water partition coefficient (Wildman–Crippen LogP) is 4.55. The van der Waals surface area contributed by atoms with E-state index in [1.54, 1.807) is 6.92 Å². The van der Waals surface area contributed by atoms with E-state index >= 15 is 0 Å². The van der Waals surface area contributed by atoms with E-state index in [0.717, 1.165) is 12.8 Å². The summed E-state index contributed by atoms with van der Waals surface area (Å²) in [5.41, 5.74) is 0. The minimum Gasteiger partial charge on any atom is -0.482 e. The van der Waals surface area contributed by atoms with Crippen molar-refractivity contribution >= 4 is 5.97 Å². The fourth-order valence-electron chi connectivity index (χ4n) is 1.50. The number of hydrogen-bond acceptors (Lipinski definition) is 3. The summed E-state index contributed by atoms with van der Waals surface area (Å²) in [5, 5.41) is 0. The minimum absolute atomic E-state index is 0.0442. The maximum atomic E-state index is 11.3. The second kappa shape index (κ2) is 13.9. The lowest BCUT2D eigenvalue weighted by Gasteiger charge is -2.05. The third kappa shape index (κ3) is 11.6. The molecule has 0 aliphatic heterocycles. The van der Waals surface area contributed by atoms with Crippen LogP contribution in [0.3, 0.4) is 0 Å². The zero-order valence-corrected chi connectivity index (χ0v) is 13.1. The Kier molecular flexibility index (Phi) is 12.9. The Morgan fingerprint density at radius 3 is 2.50 bits per heavy atom. The highest BCUT2D eigenvalue weighted by Crippen LogP contribution is 2.04. The number of carbonyl (C=O) groups is 1. The molecule has 0 aromatic rings. The summed E-state index contributed by atoms with van der Waals surface area (Å²) < 4.78 is 10.3. The quantitative estimate of drug-likeness (QED) is 0.241. The number of ether oxygens (including phenoxy) is 2. The van der Waals surface area contributed by atoms with Gasteiger partial charge in [0.1, 0.15) is 5.76 Å². The molecule has 0 radical (unpaired) electrons. The molecule has 3 heteroatoms. The normalized spacial score (nSPS) is 12.2. The highest BCUT2D eigenvalue weighted by atomic mass is 16.6. The number of carbonyl (C=O) groups excluding carboxylic acids is 1. The Balaban J connectivity index is 4.25. The van der Waals surface area contributed by atoms with Crippen molar-refractivity contribution in [3.05, 3.63) is 36.1 Å². The second-order valence-electron chi connectivity index (χ2n) is 4.40. The first-order valence-corrected chi connectivity index (χ1v) is 7.56. The van der Waals surface area contributed by atoms with E-state index in [0.29, 0.717) is 12.4 Å². The summed E-state index contributed by atoms with van der Waals surface area (Å²) in [5.74, 6) is 0.349. The van der Waals surface area contributed by atoms with Crippen LogP contribution in [0.1, 0.15) is 52.9 Å². The van der Waals surface area contributed by atoms with Crippen LogP contribution in [0.4, 0.5) is 0 Å². The van der Waals surface area contributed by atoms with Crippen molar-refractivity contribution in [1.82, 2.24) is 0 Å². The molecule has 0 N–H and O–H groups in total. The first kappa shape index (κ1) is 18.5. The lowest BCUT2D eigenvalue weighted by Crippen LogP contribution is -2.11. The van der Waals surface area contributed by atoms with E-state index in [4.69, 9.17) is 9.47 Å². The van der Waals surface area contributed by atoms with Crippen molar-refractivity contribution < 1.29 is 14.3 Å². The molecular weight excluding hydrogens is 252 g/mol. The lowest BCUT2D eigenvalue weighted by molar-refractivity contribution is -0.146. The fourth-order valence-corrected chi connectivity index (χ4v) is 1.50. The summed E-state index contributed by atoms with van der Waals surface area (Å²) in [6.45, 7) is 6.37. The van der Waals surface area contributed by atoms with Gasteiger partial charge in [-0.15, -0.1) is 0 Å². The van der Waals surface area contributed by atoms with E-state index in [2.05, 4.69) is 19.9 Å². The van der Waals surface area contributed by atoms with Crippen LogP contribution in [0.2, 0.25) is 0 Å². The SMILES string of the molecule is CCC=CC(=CC=CCCCCC)OCC(=O)OCC. The molecule has 0 fully saturated rings. The van der Waals surface area contributed by atoms with Crippen LogP contribution in [-0.4, -0.2) is 19.2 Å². The van der Waals surface area contributed by atoms with Gasteiger partial charge in [-0.2, -0.15) is 0 Å². The lowest BCUT2D eigenvalue weighted by atomic mass is 10.2. The van der Waals surface area contributed by atoms with Crippen molar-refractivity contribution in [1.29, 1.82) is 0 Å². The molecule has 0 spiro atoms. The van der Waals surface area contributed by atoms with Gasteiger partial charge >= 0.3 is 5.97 Å². The predicted molar refractivity (Wildman–Crippen MR) is 83.4 cm³/mol. The number of esters is 1. The van der Waals surface area contributed by atoms with Crippen molar-refractivity contribution in [2.75, 3.05) is 13.2 Å². The van der Waals surface area contributed by atoms with Crippen LogP contribution in [0.15, 0.2) is 36.1 Å². The van der Waals surface area contributed by atoms with Crippen LogP contribution in [-0.2, 0) is 14.3 Å². The third-order valence-electron chi connectivity index (χ3n) is 2.55. The first-order valence-electron chi connectivity index (χ1n) is 7.56. The molecular formula is C17H28O3. The topological polar surface area (TPSA) is 35.5 Å². The Hall–Kier alpha value is -1.51. The maximum absolute atomic E-state index is 11.3. The van der Waals surface area contributed by atoms with Crippen molar-refractivity contribution in [3.8, 4) is 0 Å². The molecule has 0 amide bonds. The molecule has 0 aromatic carbocycles. The highest BCUT2D eigenvalue weighted by Gasteiger charge is 2.02. The van der Waals surface area contributed by atoms with Crippen molar-refractivity contribution in [3.63, 3.8) is 0 Å². The van der Waals surface area contributed by atoms with Crippen LogP contribution >= 0.6 is 0 Å². The fraction of sp³-hybridized carbons (Fsp3) is 0.588. The van der Waals surface area contributed by atoms with Gasteiger partial charge < -0.3 is 9.47 Å². The molecule has 0 saturated heterocycles. The monoisotopic (exact) mass is 280 g/mol. The van der Waals surface area contributed by atoms with Crippen molar-refractivity contribution in [2.24, 2.45) is 0 Å². The molecule has 3 nitrogen and oxygen atoms in total. The molecule has 0 saturated carbocycles. The average molecular weight is 280 g/mol. The van der Waals surface area contributed by atoms with E-state index < -0.39 is 0 Å². The van der Waals surface area contributed by atoms with Gasteiger partial charge in [-0.05, 0) is 38.3 Å². The third-order valence-corrected chi connectivity index (χ3v) is 2.55. The van der Waals surface area contributed by atoms with Gasteiger partial charge in [0.25, 0.3) is 0 Å².